The molecule has 1 aromatic rings. The standard InChI is InChI=1S/C18H23ClN2O4/c19-15-11-13(5-6-16(15)25-14-3-1-2-4-14)20-18(24)21-9-7-12(8-10-21)17(22)23/h5-6,11-12,14H,1-4,7-10H2,(H,20,24)(H,22,23). The zero-order chi connectivity index (χ0) is 17.8. The first-order valence-electron chi connectivity index (χ1n) is 8.78. The lowest BCUT2D eigenvalue weighted by Gasteiger charge is -2.30. The molecule has 2 aliphatic rings. The second-order valence-electron chi connectivity index (χ2n) is 6.70. The molecule has 1 saturated carbocycles. The third-order valence-electron chi connectivity index (χ3n) is 4.91. The molecule has 1 aromatic carbocycles. The van der Waals surface area contributed by atoms with E-state index in [0.29, 0.717) is 42.4 Å². The van der Waals surface area contributed by atoms with Gasteiger partial charge < -0.3 is 20.1 Å². The van der Waals surface area contributed by atoms with Gasteiger partial charge in [0.25, 0.3) is 0 Å². The lowest BCUT2D eigenvalue weighted by Crippen LogP contribution is -2.42. The van der Waals surface area contributed by atoms with Crippen LogP contribution in [0.15, 0.2) is 18.2 Å². The topological polar surface area (TPSA) is 78.9 Å². The number of urea groups is 1. The highest BCUT2D eigenvalue weighted by atomic mass is 35.5. The fourth-order valence-electron chi connectivity index (χ4n) is 3.39. The number of ether oxygens (including phenoxy) is 1. The summed E-state index contributed by atoms with van der Waals surface area (Å²) in [5.74, 6) is -0.496. The van der Waals surface area contributed by atoms with E-state index in [-0.39, 0.29) is 18.1 Å². The number of carbonyl (C=O) groups excluding carboxylic acids is 1. The zero-order valence-corrected chi connectivity index (χ0v) is 14.8. The van der Waals surface area contributed by atoms with E-state index in [2.05, 4.69) is 5.32 Å². The minimum atomic E-state index is -0.787. The minimum Gasteiger partial charge on any atom is -0.489 e. The third kappa shape index (κ3) is 4.57. The molecule has 2 N–H and O–H groups in total. The Morgan fingerprint density at radius 3 is 2.44 bits per heavy atom. The van der Waals surface area contributed by atoms with E-state index in [4.69, 9.17) is 21.4 Å². The molecule has 1 aliphatic heterocycles. The molecule has 0 radical (unpaired) electrons. The van der Waals surface area contributed by atoms with Crippen molar-refractivity contribution in [2.24, 2.45) is 5.92 Å². The van der Waals surface area contributed by atoms with Gasteiger partial charge in [0.15, 0.2) is 0 Å². The predicted molar refractivity (Wildman–Crippen MR) is 95.3 cm³/mol. The Hall–Kier alpha value is -1.95. The number of piperidine rings is 1. The summed E-state index contributed by atoms with van der Waals surface area (Å²) in [5, 5.41) is 12.3. The van der Waals surface area contributed by atoms with Crippen molar-refractivity contribution in [1.29, 1.82) is 0 Å². The van der Waals surface area contributed by atoms with Crippen LogP contribution >= 0.6 is 11.6 Å². The molecule has 1 saturated heterocycles. The fraction of sp³-hybridized carbons (Fsp3) is 0.556. The van der Waals surface area contributed by atoms with Gasteiger partial charge >= 0.3 is 12.0 Å². The molecule has 3 rings (SSSR count). The molecule has 2 fully saturated rings. The largest absolute Gasteiger partial charge is 0.489 e. The number of carboxylic acid groups (broad SMARTS) is 1. The molecule has 136 valence electrons. The predicted octanol–water partition coefficient (Wildman–Crippen LogP) is 3.99. The number of carbonyl (C=O) groups is 2. The Labute approximate surface area is 152 Å². The Balaban J connectivity index is 1.54. The monoisotopic (exact) mass is 366 g/mol. The van der Waals surface area contributed by atoms with E-state index in [0.717, 1.165) is 12.8 Å². The van der Waals surface area contributed by atoms with Gasteiger partial charge in [0.2, 0.25) is 0 Å². The molecule has 0 aromatic heterocycles. The van der Waals surface area contributed by atoms with Gasteiger partial charge in [-0.05, 0) is 56.7 Å². The van der Waals surface area contributed by atoms with E-state index in [1.807, 2.05) is 0 Å². The van der Waals surface area contributed by atoms with Crippen molar-refractivity contribution >= 4 is 29.3 Å². The number of halogens is 1. The van der Waals surface area contributed by atoms with Crippen molar-refractivity contribution in [3.63, 3.8) is 0 Å². The number of nitrogens with one attached hydrogen (secondary N) is 1. The summed E-state index contributed by atoms with van der Waals surface area (Å²) >= 11 is 6.28. The normalized spacial score (nSPS) is 19.0. The van der Waals surface area contributed by atoms with Gasteiger partial charge in [-0.1, -0.05) is 11.6 Å². The summed E-state index contributed by atoms with van der Waals surface area (Å²) in [4.78, 5) is 24.9. The van der Waals surface area contributed by atoms with Crippen LogP contribution in [0.5, 0.6) is 5.75 Å². The van der Waals surface area contributed by atoms with E-state index in [1.54, 1.807) is 23.1 Å². The first-order chi connectivity index (χ1) is 12.0. The van der Waals surface area contributed by atoms with Crippen molar-refractivity contribution < 1.29 is 19.4 Å². The van der Waals surface area contributed by atoms with Gasteiger partial charge in [-0.25, -0.2) is 4.79 Å². The Bertz CT molecular complexity index is 638. The highest BCUT2D eigenvalue weighted by Gasteiger charge is 2.27. The highest BCUT2D eigenvalue weighted by Crippen LogP contribution is 2.32. The molecule has 6 nitrogen and oxygen atoms in total. The third-order valence-corrected chi connectivity index (χ3v) is 5.21. The van der Waals surface area contributed by atoms with Gasteiger partial charge in [-0.15, -0.1) is 0 Å². The summed E-state index contributed by atoms with van der Waals surface area (Å²) in [5.41, 5.74) is 0.606. The average molecular weight is 367 g/mol. The number of likely N-dealkylation sites (tertiary alicyclic amines) is 1. The van der Waals surface area contributed by atoms with Crippen molar-refractivity contribution in [2.75, 3.05) is 18.4 Å². The van der Waals surface area contributed by atoms with E-state index < -0.39 is 5.97 Å². The van der Waals surface area contributed by atoms with Gasteiger partial charge in [-0.3, -0.25) is 4.79 Å². The number of carboxylic acids is 1. The average Bonchev–Trinajstić information content (AvgIpc) is 3.10. The van der Waals surface area contributed by atoms with Gasteiger partial charge in [0, 0.05) is 18.8 Å². The zero-order valence-electron chi connectivity index (χ0n) is 14.0. The molecule has 0 unspecified atom stereocenters. The molecule has 0 bridgehead atoms. The maximum absolute atomic E-state index is 12.3. The number of amides is 2. The summed E-state index contributed by atoms with van der Waals surface area (Å²) < 4.78 is 5.91. The van der Waals surface area contributed by atoms with Crippen LogP contribution in [0.25, 0.3) is 0 Å². The fourth-order valence-corrected chi connectivity index (χ4v) is 3.62. The second kappa shape index (κ2) is 7.95. The van der Waals surface area contributed by atoms with Crippen molar-refractivity contribution in [2.45, 2.75) is 44.6 Å². The Morgan fingerprint density at radius 1 is 1.16 bits per heavy atom. The van der Waals surface area contributed by atoms with E-state index >= 15 is 0 Å². The maximum Gasteiger partial charge on any atom is 0.321 e. The van der Waals surface area contributed by atoms with Crippen LogP contribution in [-0.2, 0) is 4.79 Å². The number of hydrogen-bond donors (Lipinski definition) is 2. The van der Waals surface area contributed by atoms with Crippen molar-refractivity contribution in [3.8, 4) is 5.75 Å². The second-order valence-corrected chi connectivity index (χ2v) is 7.11. The van der Waals surface area contributed by atoms with Crippen LogP contribution in [0, 0.1) is 5.92 Å². The minimum absolute atomic E-state index is 0.230. The maximum atomic E-state index is 12.3. The molecule has 1 heterocycles. The van der Waals surface area contributed by atoms with Crippen molar-refractivity contribution in [1.82, 2.24) is 4.90 Å². The Morgan fingerprint density at radius 2 is 1.84 bits per heavy atom. The van der Waals surface area contributed by atoms with Crippen LogP contribution in [-0.4, -0.2) is 41.2 Å². The summed E-state index contributed by atoms with van der Waals surface area (Å²) in [6, 6.07) is 5.02. The molecule has 1 aliphatic carbocycles. The number of rotatable bonds is 4. The Kier molecular flexibility index (Phi) is 5.68. The lowest BCUT2D eigenvalue weighted by atomic mass is 9.97. The summed E-state index contributed by atoms with van der Waals surface area (Å²) in [6.45, 7) is 0.888. The summed E-state index contributed by atoms with van der Waals surface area (Å²) in [7, 11) is 0. The lowest BCUT2D eigenvalue weighted by molar-refractivity contribution is -0.143. The molecule has 7 heteroatoms. The number of anilines is 1. The van der Waals surface area contributed by atoms with Crippen LogP contribution in [0.1, 0.15) is 38.5 Å². The summed E-state index contributed by atoms with van der Waals surface area (Å²) in [6.07, 6.45) is 5.69. The van der Waals surface area contributed by atoms with Crippen LogP contribution in [0.4, 0.5) is 10.5 Å². The molecule has 2 amide bonds. The molecule has 0 atom stereocenters. The van der Waals surface area contributed by atoms with E-state index in [1.165, 1.54) is 12.8 Å². The highest BCUT2D eigenvalue weighted by molar-refractivity contribution is 6.32. The molecular formula is C18H23ClN2O4. The molecular weight excluding hydrogens is 344 g/mol. The number of benzene rings is 1. The van der Waals surface area contributed by atoms with Gasteiger partial charge in [-0.2, -0.15) is 0 Å². The first kappa shape index (κ1) is 17.9. The van der Waals surface area contributed by atoms with Crippen LogP contribution < -0.4 is 10.1 Å². The number of aliphatic carboxylic acids is 1. The van der Waals surface area contributed by atoms with Crippen molar-refractivity contribution in [3.05, 3.63) is 23.2 Å². The molecule has 0 spiro atoms. The number of nitrogens with zero attached hydrogens (tertiary/aromatic N) is 1. The van der Waals surface area contributed by atoms with Crippen LogP contribution in [0.2, 0.25) is 5.02 Å². The number of hydrogen-bond acceptors (Lipinski definition) is 3. The molecule has 25 heavy (non-hydrogen) atoms. The van der Waals surface area contributed by atoms with Gasteiger partial charge in [0.1, 0.15) is 5.75 Å². The SMILES string of the molecule is O=C(O)C1CCN(C(=O)Nc2ccc(OC3CCCC3)c(Cl)c2)CC1. The smallest absolute Gasteiger partial charge is 0.321 e. The quantitative estimate of drug-likeness (QED) is 0.844. The van der Waals surface area contributed by atoms with E-state index in [9.17, 15) is 9.59 Å². The first-order valence-corrected chi connectivity index (χ1v) is 9.15. The van der Waals surface area contributed by atoms with Gasteiger partial charge in [0.05, 0.1) is 17.0 Å². The van der Waals surface area contributed by atoms with Crippen LogP contribution in [0.3, 0.4) is 0 Å².